The molecule has 0 saturated heterocycles. The standard InChI is InChI=1S/C19H17ClFN3O2/c20-9-14-1-3-15(4-2-14)19(25)12-24-8-7-18(11-23-24)26-13-17-6-5-16(21)10-22-17/h1-8,10-11,23H,9,12-13H2. The first kappa shape index (κ1) is 17.9. The van der Waals surface area contributed by atoms with Gasteiger partial charge >= 0.3 is 0 Å². The van der Waals surface area contributed by atoms with Gasteiger partial charge in [0.15, 0.2) is 5.78 Å². The Hall–Kier alpha value is -2.86. The van der Waals surface area contributed by atoms with E-state index in [2.05, 4.69) is 10.4 Å². The number of ketones is 1. The van der Waals surface area contributed by atoms with Crippen molar-refractivity contribution < 1.29 is 13.9 Å². The van der Waals surface area contributed by atoms with Gasteiger partial charge in [0.05, 0.1) is 18.1 Å². The molecule has 5 nitrogen and oxygen atoms in total. The highest BCUT2D eigenvalue weighted by Crippen LogP contribution is 2.11. The Labute approximate surface area is 155 Å². The molecule has 1 N–H and O–H groups in total. The molecule has 7 heteroatoms. The fraction of sp³-hybridized carbons (Fsp3) is 0.158. The van der Waals surface area contributed by atoms with E-state index in [0.717, 1.165) is 11.8 Å². The van der Waals surface area contributed by atoms with Crippen molar-refractivity contribution >= 4 is 17.4 Å². The van der Waals surface area contributed by atoms with E-state index in [1.807, 2.05) is 12.1 Å². The van der Waals surface area contributed by atoms with Gasteiger partial charge in [-0.1, -0.05) is 24.3 Å². The largest absolute Gasteiger partial charge is 0.486 e. The van der Waals surface area contributed by atoms with Crippen LogP contribution in [0.2, 0.25) is 0 Å². The van der Waals surface area contributed by atoms with Gasteiger partial charge in [0, 0.05) is 17.6 Å². The van der Waals surface area contributed by atoms with Crippen LogP contribution in [0.25, 0.3) is 0 Å². The van der Waals surface area contributed by atoms with Crippen molar-refractivity contribution in [3.8, 4) is 0 Å². The number of hydrazine groups is 1. The van der Waals surface area contributed by atoms with Gasteiger partial charge in [0.1, 0.15) is 24.7 Å². The Morgan fingerprint density at radius 1 is 1.23 bits per heavy atom. The zero-order chi connectivity index (χ0) is 18.4. The highest BCUT2D eigenvalue weighted by molar-refractivity contribution is 6.17. The van der Waals surface area contributed by atoms with E-state index in [0.29, 0.717) is 22.9 Å². The van der Waals surface area contributed by atoms with Crippen molar-refractivity contribution in [1.29, 1.82) is 0 Å². The normalized spacial score (nSPS) is 13.2. The minimum Gasteiger partial charge on any atom is -0.486 e. The molecule has 2 heterocycles. The van der Waals surface area contributed by atoms with E-state index >= 15 is 0 Å². The first-order chi connectivity index (χ1) is 12.6. The summed E-state index contributed by atoms with van der Waals surface area (Å²) < 4.78 is 18.4. The van der Waals surface area contributed by atoms with Crippen LogP contribution in [0.4, 0.5) is 4.39 Å². The molecule has 1 aromatic carbocycles. The molecule has 0 atom stereocenters. The van der Waals surface area contributed by atoms with Gasteiger partial charge in [-0.3, -0.25) is 14.8 Å². The van der Waals surface area contributed by atoms with E-state index in [4.69, 9.17) is 16.3 Å². The molecule has 3 rings (SSSR count). The number of benzene rings is 1. The first-order valence-corrected chi connectivity index (χ1v) is 8.50. The predicted molar refractivity (Wildman–Crippen MR) is 96.4 cm³/mol. The van der Waals surface area contributed by atoms with Crippen LogP contribution in [0.5, 0.6) is 0 Å². The topological polar surface area (TPSA) is 54.5 Å². The molecule has 0 aliphatic carbocycles. The number of hydrogen-bond donors (Lipinski definition) is 1. The number of halogens is 2. The van der Waals surface area contributed by atoms with E-state index in [1.165, 1.54) is 6.07 Å². The number of rotatable bonds is 7. The van der Waals surface area contributed by atoms with E-state index in [9.17, 15) is 9.18 Å². The molecular weight excluding hydrogens is 357 g/mol. The lowest BCUT2D eigenvalue weighted by atomic mass is 10.1. The molecule has 1 aromatic heterocycles. The quantitative estimate of drug-likeness (QED) is 0.594. The summed E-state index contributed by atoms with van der Waals surface area (Å²) in [5.41, 5.74) is 5.20. The molecule has 2 aromatic rings. The third-order valence-electron chi connectivity index (χ3n) is 3.71. The van der Waals surface area contributed by atoms with Crippen LogP contribution in [0, 0.1) is 5.82 Å². The van der Waals surface area contributed by atoms with E-state index in [-0.39, 0.29) is 24.8 Å². The van der Waals surface area contributed by atoms with Crippen LogP contribution in [-0.2, 0) is 17.2 Å². The molecule has 0 amide bonds. The maximum absolute atomic E-state index is 12.8. The summed E-state index contributed by atoms with van der Waals surface area (Å²) in [7, 11) is 0. The van der Waals surface area contributed by atoms with Crippen molar-refractivity contribution in [2.75, 3.05) is 6.54 Å². The minimum absolute atomic E-state index is 0.0171. The van der Waals surface area contributed by atoms with Gasteiger partial charge in [-0.25, -0.2) is 4.39 Å². The molecular formula is C19H17ClFN3O2. The van der Waals surface area contributed by atoms with E-state index < -0.39 is 0 Å². The van der Waals surface area contributed by atoms with Gasteiger partial charge in [0.25, 0.3) is 0 Å². The first-order valence-electron chi connectivity index (χ1n) is 7.96. The number of aromatic nitrogens is 1. The lowest BCUT2D eigenvalue weighted by Crippen LogP contribution is -2.36. The molecule has 26 heavy (non-hydrogen) atoms. The second-order valence-corrected chi connectivity index (χ2v) is 5.90. The van der Waals surface area contributed by atoms with Gasteiger partial charge in [0.2, 0.25) is 0 Å². The molecule has 1 aliphatic heterocycles. The third-order valence-corrected chi connectivity index (χ3v) is 4.02. The van der Waals surface area contributed by atoms with Crippen LogP contribution in [0.15, 0.2) is 66.8 Å². The summed E-state index contributed by atoms with van der Waals surface area (Å²) in [6, 6.07) is 10.1. The number of ether oxygens (including phenoxy) is 1. The molecule has 134 valence electrons. The average Bonchev–Trinajstić information content (AvgIpc) is 2.68. The SMILES string of the molecule is O=C(CN1C=CC(OCc2ccc(F)cn2)=CN1)c1ccc(CCl)cc1. The van der Waals surface area contributed by atoms with Crippen molar-refractivity contribution in [1.82, 2.24) is 15.4 Å². The summed E-state index contributed by atoms with van der Waals surface area (Å²) in [6.07, 6.45) is 6.25. The Balaban J connectivity index is 1.48. The van der Waals surface area contributed by atoms with Crippen LogP contribution < -0.4 is 5.43 Å². The van der Waals surface area contributed by atoms with Crippen LogP contribution in [0.3, 0.4) is 0 Å². The number of hydrogen-bond acceptors (Lipinski definition) is 5. The second-order valence-electron chi connectivity index (χ2n) is 5.63. The van der Waals surface area contributed by atoms with Gasteiger partial charge < -0.3 is 10.2 Å². The number of nitrogens with one attached hydrogen (secondary N) is 1. The number of carbonyl (C=O) groups excluding carboxylic acids is 1. The number of allylic oxidation sites excluding steroid dienone is 1. The lowest BCUT2D eigenvalue weighted by Gasteiger charge is -2.23. The Morgan fingerprint density at radius 2 is 2.04 bits per heavy atom. The minimum atomic E-state index is -0.384. The van der Waals surface area contributed by atoms with Gasteiger partial charge in [-0.15, -0.1) is 11.6 Å². The summed E-state index contributed by atoms with van der Waals surface area (Å²) in [5, 5.41) is 1.65. The van der Waals surface area contributed by atoms with Crippen LogP contribution in [-0.4, -0.2) is 22.3 Å². The van der Waals surface area contributed by atoms with E-state index in [1.54, 1.807) is 41.7 Å². The maximum atomic E-state index is 12.8. The fourth-order valence-electron chi connectivity index (χ4n) is 2.26. The van der Waals surface area contributed by atoms with Crippen LogP contribution in [0.1, 0.15) is 21.6 Å². The highest BCUT2D eigenvalue weighted by atomic mass is 35.5. The molecule has 0 unspecified atom stereocenters. The number of carbonyl (C=O) groups is 1. The molecule has 1 aliphatic rings. The molecule has 0 bridgehead atoms. The predicted octanol–water partition coefficient (Wildman–Crippen LogP) is 3.53. The average molecular weight is 374 g/mol. The Kier molecular flexibility index (Phi) is 5.86. The number of pyridine rings is 1. The monoisotopic (exact) mass is 373 g/mol. The fourth-order valence-corrected chi connectivity index (χ4v) is 2.44. The summed E-state index contributed by atoms with van der Waals surface area (Å²) >= 11 is 5.75. The maximum Gasteiger partial charge on any atom is 0.184 e. The number of Topliss-reactive ketones (excluding diaryl/α,β-unsaturated/α-hetero) is 1. The van der Waals surface area contributed by atoms with Crippen molar-refractivity contribution in [3.05, 3.63) is 89.5 Å². The van der Waals surface area contributed by atoms with Crippen molar-refractivity contribution in [3.63, 3.8) is 0 Å². The zero-order valence-corrected chi connectivity index (χ0v) is 14.6. The third kappa shape index (κ3) is 4.83. The van der Waals surface area contributed by atoms with Crippen molar-refractivity contribution in [2.45, 2.75) is 12.5 Å². The second kappa shape index (κ2) is 8.49. The molecule has 0 saturated carbocycles. The van der Waals surface area contributed by atoms with Crippen molar-refractivity contribution in [2.24, 2.45) is 0 Å². The highest BCUT2D eigenvalue weighted by Gasteiger charge is 2.12. The number of nitrogens with zero attached hydrogens (tertiary/aromatic N) is 2. The molecule has 0 radical (unpaired) electrons. The number of alkyl halides is 1. The summed E-state index contributed by atoms with van der Waals surface area (Å²) in [6.45, 7) is 0.407. The zero-order valence-electron chi connectivity index (χ0n) is 13.9. The van der Waals surface area contributed by atoms with Gasteiger partial charge in [-0.05, 0) is 23.8 Å². The Bertz CT molecular complexity index is 820. The molecule has 0 fully saturated rings. The van der Waals surface area contributed by atoms with Crippen LogP contribution >= 0.6 is 11.6 Å². The lowest BCUT2D eigenvalue weighted by molar-refractivity contribution is 0.0936. The molecule has 0 spiro atoms. The smallest absolute Gasteiger partial charge is 0.184 e. The van der Waals surface area contributed by atoms with Gasteiger partial charge in [-0.2, -0.15) is 0 Å². The Morgan fingerprint density at radius 3 is 2.65 bits per heavy atom. The summed E-state index contributed by atoms with van der Waals surface area (Å²) in [4.78, 5) is 16.2. The summed E-state index contributed by atoms with van der Waals surface area (Å²) in [5.74, 6) is 0.610.